The zero-order valence-corrected chi connectivity index (χ0v) is 12.6. The summed E-state index contributed by atoms with van der Waals surface area (Å²) in [7, 11) is 1.84. The van der Waals surface area contributed by atoms with Gasteiger partial charge in [0, 0.05) is 25.6 Å². The quantitative estimate of drug-likeness (QED) is 0.707. The van der Waals surface area contributed by atoms with Gasteiger partial charge in [-0.25, -0.2) is 9.97 Å². The zero-order chi connectivity index (χ0) is 14.5. The second kappa shape index (κ2) is 6.70. The van der Waals surface area contributed by atoms with Crippen molar-refractivity contribution >= 4 is 11.6 Å². The fourth-order valence-corrected chi connectivity index (χ4v) is 1.70. The molecule has 0 saturated carbocycles. The van der Waals surface area contributed by atoms with Crippen LogP contribution in [0, 0.1) is 0 Å². The number of rotatable bonds is 7. The normalized spacial score (nSPS) is 11.7. The van der Waals surface area contributed by atoms with Gasteiger partial charge in [-0.1, -0.05) is 27.7 Å². The SMILES string of the molecule is CCC(O)(CC)CNc1cc(NC)nc(C(C)C)n1. The third kappa shape index (κ3) is 4.35. The zero-order valence-electron chi connectivity index (χ0n) is 12.6. The monoisotopic (exact) mass is 266 g/mol. The molecule has 0 aliphatic rings. The largest absolute Gasteiger partial charge is 0.388 e. The van der Waals surface area contributed by atoms with Crippen molar-refractivity contribution in [3.8, 4) is 0 Å². The predicted molar refractivity (Wildman–Crippen MR) is 79.7 cm³/mol. The van der Waals surface area contributed by atoms with Gasteiger partial charge in [-0.05, 0) is 12.8 Å². The second-order valence-corrected chi connectivity index (χ2v) is 5.19. The Morgan fingerprint density at radius 2 is 1.79 bits per heavy atom. The minimum Gasteiger partial charge on any atom is -0.388 e. The lowest BCUT2D eigenvalue weighted by molar-refractivity contribution is 0.0456. The first kappa shape index (κ1) is 15.7. The Kier molecular flexibility index (Phi) is 5.54. The lowest BCUT2D eigenvalue weighted by Crippen LogP contribution is -2.35. The van der Waals surface area contributed by atoms with E-state index in [2.05, 4.69) is 34.4 Å². The molecule has 0 atom stereocenters. The van der Waals surface area contributed by atoms with Gasteiger partial charge in [-0.15, -0.1) is 0 Å². The summed E-state index contributed by atoms with van der Waals surface area (Å²) < 4.78 is 0. The molecular formula is C14H26N4O. The lowest BCUT2D eigenvalue weighted by Gasteiger charge is -2.25. The third-order valence-electron chi connectivity index (χ3n) is 3.43. The number of nitrogens with one attached hydrogen (secondary N) is 2. The molecule has 5 nitrogen and oxygen atoms in total. The molecule has 1 rings (SSSR count). The van der Waals surface area contributed by atoms with Gasteiger partial charge < -0.3 is 15.7 Å². The summed E-state index contributed by atoms with van der Waals surface area (Å²) in [5.74, 6) is 2.61. The molecule has 5 heteroatoms. The van der Waals surface area contributed by atoms with Gasteiger partial charge in [0.05, 0.1) is 5.60 Å². The molecular weight excluding hydrogens is 240 g/mol. The van der Waals surface area contributed by atoms with Crippen LogP contribution < -0.4 is 10.6 Å². The van der Waals surface area contributed by atoms with Crippen LogP contribution in [0.15, 0.2) is 6.07 Å². The Morgan fingerprint density at radius 1 is 1.21 bits per heavy atom. The maximum Gasteiger partial charge on any atom is 0.135 e. The van der Waals surface area contributed by atoms with E-state index in [1.807, 2.05) is 27.0 Å². The molecule has 0 saturated heterocycles. The van der Waals surface area contributed by atoms with E-state index in [0.29, 0.717) is 6.54 Å². The van der Waals surface area contributed by atoms with Crippen LogP contribution >= 0.6 is 0 Å². The maximum atomic E-state index is 10.3. The highest BCUT2D eigenvalue weighted by molar-refractivity contribution is 5.47. The molecule has 0 unspecified atom stereocenters. The third-order valence-corrected chi connectivity index (χ3v) is 3.43. The molecule has 0 spiro atoms. The minimum absolute atomic E-state index is 0.269. The summed E-state index contributed by atoms with van der Waals surface area (Å²) in [6.07, 6.45) is 1.44. The molecule has 0 aliphatic carbocycles. The molecule has 0 fully saturated rings. The topological polar surface area (TPSA) is 70.1 Å². The molecule has 1 aromatic heterocycles. The second-order valence-electron chi connectivity index (χ2n) is 5.19. The molecule has 0 aliphatic heterocycles. The average molecular weight is 266 g/mol. The number of aromatic nitrogens is 2. The van der Waals surface area contributed by atoms with Crippen LogP contribution in [0.5, 0.6) is 0 Å². The standard InChI is InChI=1S/C14H26N4O/c1-6-14(19,7-2)9-16-12-8-11(15-5)17-13(18-12)10(3)4/h8,10,19H,6-7,9H2,1-5H3,(H2,15,16,17,18). The summed E-state index contributed by atoms with van der Waals surface area (Å²) in [5.41, 5.74) is -0.678. The van der Waals surface area contributed by atoms with Gasteiger partial charge in [-0.2, -0.15) is 0 Å². The first-order chi connectivity index (χ1) is 8.94. The highest BCUT2D eigenvalue weighted by atomic mass is 16.3. The van der Waals surface area contributed by atoms with Crippen molar-refractivity contribution in [1.29, 1.82) is 0 Å². The van der Waals surface area contributed by atoms with Crippen molar-refractivity contribution in [2.24, 2.45) is 0 Å². The molecule has 1 aromatic rings. The number of hydrogen-bond acceptors (Lipinski definition) is 5. The fourth-order valence-electron chi connectivity index (χ4n) is 1.70. The number of anilines is 2. The fraction of sp³-hybridized carbons (Fsp3) is 0.714. The van der Waals surface area contributed by atoms with Crippen LogP contribution in [0.2, 0.25) is 0 Å². The summed E-state index contributed by atoms with van der Waals surface area (Å²) >= 11 is 0. The van der Waals surface area contributed by atoms with E-state index in [4.69, 9.17) is 0 Å². The Balaban J connectivity index is 2.86. The Labute approximate surface area is 115 Å². The van der Waals surface area contributed by atoms with E-state index < -0.39 is 5.60 Å². The van der Waals surface area contributed by atoms with Crippen LogP contribution in [0.1, 0.15) is 52.3 Å². The average Bonchev–Trinajstić information content (AvgIpc) is 2.44. The number of nitrogens with zero attached hydrogens (tertiary/aromatic N) is 2. The smallest absolute Gasteiger partial charge is 0.135 e. The van der Waals surface area contributed by atoms with Crippen molar-refractivity contribution < 1.29 is 5.11 Å². The van der Waals surface area contributed by atoms with E-state index in [0.717, 1.165) is 30.3 Å². The van der Waals surface area contributed by atoms with E-state index in [1.54, 1.807) is 0 Å². The van der Waals surface area contributed by atoms with Gasteiger partial charge in [0.15, 0.2) is 0 Å². The molecule has 0 bridgehead atoms. The summed E-state index contributed by atoms with van der Waals surface area (Å²) in [4.78, 5) is 8.89. The highest BCUT2D eigenvalue weighted by Crippen LogP contribution is 2.19. The molecule has 19 heavy (non-hydrogen) atoms. The van der Waals surface area contributed by atoms with Crippen molar-refractivity contribution in [2.75, 3.05) is 24.2 Å². The van der Waals surface area contributed by atoms with Gasteiger partial charge in [-0.3, -0.25) is 0 Å². The van der Waals surface area contributed by atoms with Crippen molar-refractivity contribution in [3.63, 3.8) is 0 Å². The highest BCUT2D eigenvalue weighted by Gasteiger charge is 2.22. The van der Waals surface area contributed by atoms with Crippen LogP contribution in [-0.4, -0.2) is 34.3 Å². The van der Waals surface area contributed by atoms with Crippen LogP contribution in [0.3, 0.4) is 0 Å². The Bertz CT molecular complexity index is 402. The summed E-state index contributed by atoms with van der Waals surface area (Å²) in [6.45, 7) is 8.60. The van der Waals surface area contributed by atoms with Crippen molar-refractivity contribution in [1.82, 2.24) is 9.97 Å². The molecule has 0 aromatic carbocycles. The summed E-state index contributed by atoms with van der Waals surface area (Å²) in [6, 6.07) is 1.86. The molecule has 0 amide bonds. The predicted octanol–water partition coefficient (Wildman–Crippen LogP) is 2.60. The van der Waals surface area contributed by atoms with Gasteiger partial charge in [0.1, 0.15) is 17.5 Å². The van der Waals surface area contributed by atoms with Crippen LogP contribution in [-0.2, 0) is 0 Å². The number of hydrogen-bond donors (Lipinski definition) is 3. The van der Waals surface area contributed by atoms with E-state index in [-0.39, 0.29) is 5.92 Å². The Morgan fingerprint density at radius 3 is 2.26 bits per heavy atom. The number of aliphatic hydroxyl groups is 1. The van der Waals surface area contributed by atoms with Crippen molar-refractivity contribution in [2.45, 2.75) is 52.1 Å². The Hall–Kier alpha value is -1.36. The van der Waals surface area contributed by atoms with Crippen molar-refractivity contribution in [3.05, 3.63) is 11.9 Å². The van der Waals surface area contributed by atoms with E-state index in [9.17, 15) is 5.11 Å². The molecule has 1 heterocycles. The van der Waals surface area contributed by atoms with Crippen LogP contribution in [0.25, 0.3) is 0 Å². The van der Waals surface area contributed by atoms with E-state index >= 15 is 0 Å². The van der Waals surface area contributed by atoms with Gasteiger partial charge in [0.25, 0.3) is 0 Å². The summed E-state index contributed by atoms with van der Waals surface area (Å²) in [5, 5.41) is 16.5. The lowest BCUT2D eigenvalue weighted by atomic mass is 9.98. The maximum absolute atomic E-state index is 10.3. The molecule has 3 N–H and O–H groups in total. The van der Waals surface area contributed by atoms with Crippen LogP contribution in [0.4, 0.5) is 11.6 Å². The first-order valence-corrected chi connectivity index (χ1v) is 6.97. The first-order valence-electron chi connectivity index (χ1n) is 6.97. The van der Waals surface area contributed by atoms with E-state index in [1.165, 1.54) is 0 Å². The minimum atomic E-state index is -0.678. The molecule has 108 valence electrons. The van der Waals surface area contributed by atoms with Gasteiger partial charge in [0.2, 0.25) is 0 Å². The molecule has 0 radical (unpaired) electrons. The van der Waals surface area contributed by atoms with Gasteiger partial charge >= 0.3 is 0 Å².